The highest BCUT2D eigenvalue weighted by atomic mass is 79.9. The Bertz CT molecular complexity index is 341. The third-order valence-corrected chi connectivity index (χ3v) is 2.83. The summed E-state index contributed by atoms with van der Waals surface area (Å²) in [6.07, 6.45) is 0.801. The molecule has 0 aliphatic rings. The third kappa shape index (κ3) is 3.67. The van der Waals surface area contributed by atoms with Crippen LogP contribution < -0.4 is 0 Å². The molecule has 15 heavy (non-hydrogen) atoms. The quantitative estimate of drug-likeness (QED) is 0.782. The van der Waals surface area contributed by atoms with Crippen LogP contribution >= 0.6 is 15.9 Å². The Morgan fingerprint density at radius 3 is 2.33 bits per heavy atom. The molecule has 82 valence electrons. The van der Waals surface area contributed by atoms with Gasteiger partial charge in [-0.25, -0.2) is 4.79 Å². The van der Waals surface area contributed by atoms with Gasteiger partial charge in [-0.15, -0.1) is 0 Å². The van der Waals surface area contributed by atoms with Gasteiger partial charge >= 0.3 is 5.97 Å². The number of hydrogen-bond donors (Lipinski definition) is 0. The molecule has 3 heteroatoms. The van der Waals surface area contributed by atoms with E-state index in [1.807, 2.05) is 32.9 Å². The van der Waals surface area contributed by atoms with Gasteiger partial charge in [0.25, 0.3) is 0 Å². The lowest BCUT2D eigenvalue weighted by Gasteiger charge is -2.23. The van der Waals surface area contributed by atoms with Gasteiger partial charge in [0.05, 0.1) is 5.56 Å². The fraction of sp³-hybridized carbons (Fsp3) is 0.417. The van der Waals surface area contributed by atoms with Crippen LogP contribution in [-0.2, 0) is 4.74 Å². The molecule has 0 amide bonds. The van der Waals surface area contributed by atoms with E-state index >= 15 is 0 Å². The topological polar surface area (TPSA) is 26.3 Å². The SMILES string of the molecule is CCC(C)(C)OC(=O)c1ccc(Br)cc1. The fourth-order valence-corrected chi connectivity index (χ4v) is 1.23. The summed E-state index contributed by atoms with van der Waals surface area (Å²) < 4.78 is 6.31. The van der Waals surface area contributed by atoms with Crippen molar-refractivity contribution in [3.05, 3.63) is 34.3 Å². The smallest absolute Gasteiger partial charge is 0.338 e. The molecule has 0 heterocycles. The van der Waals surface area contributed by atoms with Crippen molar-refractivity contribution < 1.29 is 9.53 Å². The van der Waals surface area contributed by atoms with Gasteiger partial charge in [-0.1, -0.05) is 22.9 Å². The van der Waals surface area contributed by atoms with E-state index in [2.05, 4.69) is 15.9 Å². The van der Waals surface area contributed by atoms with E-state index in [0.29, 0.717) is 5.56 Å². The lowest BCUT2D eigenvalue weighted by molar-refractivity contribution is -0.00243. The first-order chi connectivity index (χ1) is 6.94. The fourth-order valence-electron chi connectivity index (χ4n) is 0.968. The zero-order valence-corrected chi connectivity index (χ0v) is 10.8. The van der Waals surface area contributed by atoms with Crippen LogP contribution in [-0.4, -0.2) is 11.6 Å². The Kier molecular flexibility index (Phi) is 3.91. The molecule has 1 aromatic rings. The van der Waals surface area contributed by atoms with E-state index in [4.69, 9.17) is 4.74 Å². The second-order valence-electron chi connectivity index (χ2n) is 4.01. The van der Waals surface area contributed by atoms with Crippen molar-refractivity contribution in [1.29, 1.82) is 0 Å². The molecule has 0 aliphatic carbocycles. The zero-order chi connectivity index (χ0) is 11.5. The highest BCUT2D eigenvalue weighted by Gasteiger charge is 2.21. The Hall–Kier alpha value is -0.830. The van der Waals surface area contributed by atoms with Crippen LogP contribution in [0.3, 0.4) is 0 Å². The molecule has 0 bridgehead atoms. The van der Waals surface area contributed by atoms with E-state index in [1.165, 1.54) is 0 Å². The molecule has 0 aromatic heterocycles. The van der Waals surface area contributed by atoms with E-state index in [1.54, 1.807) is 12.1 Å². The average Bonchev–Trinajstić information content (AvgIpc) is 2.18. The molecule has 2 nitrogen and oxygen atoms in total. The Morgan fingerprint density at radius 1 is 1.33 bits per heavy atom. The standard InChI is InChI=1S/C12H15BrO2/c1-4-12(2,3)15-11(14)9-5-7-10(13)8-6-9/h5-8H,4H2,1-3H3. The van der Waals surface area contributed by atoms with Crippen molar-refractivity contribution in [2.45, 2.75) is 32.8 Å². The van der Waals surface area contributed by atoms with Crippen LogP contribution in [0.5, 0.6) is 0 Å². The van der Waals surface area contributed by atoms with Gasteiger partial charge in [-0.3, -0.25) is 0 Å². The number of rotatable bonds is 3. The van der Waals surface area contributed by atoms with Crippen LogP contribution in [0.4, 0.5) is 0 Å². The van der Waals surface area contributed by atoms with Crippen LogP contribution in [0.15, 0.2) is 28.7 Å². The molecule has 0 atom stereocenters. The molecular weight excluding hydrogens is 256 g/mol. The molecule has 0 aliphatic heterocycles. The molecule has 0 N–H and O–H groups in total. The van der Waals surface area contributed by atoms with E-state index in [9.17, 15) is 4.79 Å². The van der Waals surface area contributed by atoms with Crippen molar-refractivity contribution in [3.8, 4) is 0 Å². The summed E-state index contributed by atoms with van der Waals surface area (Å²) >= 11 is 3.32. The minimum Gasteiger partial charge on any atom is -0.456 e. The van der Waals surface area contributed by atoms with E-state index in [0.717, 1.165) is 10.9 Å². The van der Waals surface area contributed by atoms with Gasteiger partial charge in [-0.05, 0) is 44.5 Å². The van der Waals surface area contributed by atoms with Crippen LogP contribution in [0.25, 0.3) is 0 Å². The molecule has 1 aromatic carbocycles. The molecule has 0 fully saturated rings. The Morgan fingerprint density at radius 2 is 1.87 bits per heavy atom. The number of esters is 1. The molecule has 0 saturated carbocycles. The van der Waals surface area contributed by atoms with Crippen molar-refractivity contribution >= 4 is 21.9 Å². The minimum atomic E-state index is -0.399. The van der Waals surface area contributed by atoms with E-state index in [-0.39, 0.29) is 5.97 Å². The Balaban J connectivity index is 2.74. The van der Waals surface area contributed by atoms with Gasteiger partial charge in [0.15, 0.2) is 0 Å². The van der Waals surface area contributed by atoms with E-state index < -0.39 is 5.60 Å². The van der Waals surface area contributed by atoms with Gasteiger partial charge in [-0.2, -0.15) is 0 Å². The van der Waals surface area contributed by atoms with Crippen molar-refractivity contribution in [2.75, 3.05) is 0 Å². The molecule has 1 rings (SSSR count). The highest BCUT2D eigenvalue weighted by molar-refractivity contribution is 9.10. The maximum absolute atomic E-state index is 11.7. The van der Waals surface area contributed by atoms with Gasteiger partial charge < -0.3 is 4.74 Å². The summed E-state index contributed by atoms with van der Waals surface area (Å²) in [5.74, 6) is -0.269. The van der Waals surface area contributed by atoms with Crippen LogP contribution in [0, 0.1) is 0 Å². The number of halogens is 1. The average molecular weight is 271 g/mol. The second kappa shape index (κ2) is 4.79. The van der Waals surface area contributed by atoms with Crippen LogP contribution in [0.1, 0.15) is 37.6 Å². The molecular formula is C12H15BrO2. The number of benzene rings is 1. The normalized spacial score (nSPS) is 11.2. The maximum Gasteiger partial charge on any atom is 0.338 e. The first-order valence-electron chi connectivity index (χ1n) is 4.93. The van der Waals surface area contributed by atoms with Gasteiger partial charge in [0.2, 0.25) is 0 Å². The summed E-state index contributed by atoms with van der Waals surface area (Å²) in [4.78, 5) is 11.7. The number of ether oxygens (including phenoxy) is 1. The molecule has 0 spiro atoms. The summed E-state index contributed by atoms with van der Waals surface area (Å²) in [7, 11) is 0. The molecule has 0 unspecified atom stereocenters. The minimum absolute atomic E-state index is 0.269. The zero-order valence-electron chi connectivity index (χ0n) is 9.21. The summed E-state index contributed by atoms with van der Waals surface area (Å²) in [6, 6.07) is 7.15. The predicted octanol–water partition coefficient (Wildman–Crippen LogP) is 3.79. The largest absolute Gasteiger partial charge is 0.456 e. The number of carbonyl (C=O) groups is 1. The number of carbonyl (C=O) groups excluding carboxylic acids is 1. The van der Waals surface area contributed by atoms with Crippen molar-refractivity contribution in [3.63, 3.8) is 0 Å². The summed E-state index contributed by atoms with van der Waals surface area (Å²) in [5, 5.41) is 0. The third-order valence-electron chi connectivity index (χ3n) is 2.30. The molecule has 0 saturated heterocycles. The van der Waals surface area contributed by atoms with Crippen molar-refractivity contribution in [2.24, 2.45) is 0 Å². The van der Waals surface area contributed by atoms with Crippen molar-refractivity contribution in [1.82, 2.24) is 0 Å². The predicted molar refractivity (Wildman–Crippen MR) is 63.9 cm³/mol. The lowest BCUT2D eigenvalue weighted by Crippen LogP contribution is -2.26. The van der Waals surface area contributed by atoms with Gasteiger partial charge in [0.1, 0.15) is 5.60 Å². The first kappa shape index (κ1) is 12.2. The summed E-state index contributed by atoms with van der Waals surface area (Å²) in [6.45, 7) is 5.81. The highest BCUT2D eigenvalue weighted by Crippen LogP contribution is 2.17. The van der Waals surface area contributed by atoms with Crippen LogP contribution in [0.2, 0.25) is 0 Å². The monoisotopic (exact) mass is 270 g/mol. The molecule has 0 radical (unpaired) electrons. The summed E-state index contributed by atoms with van der Waals surface area (Å²) in [5.41, 5.74) is 0.184. The Labute approximate surface area is 98.8 Å². The second-order valence-corrected chi connectivity index (χ2v) is 4.93. The maximum atomic E-state index is 11.7. The first-order valence-corrected chi connectivity index (χ1v) is 5.73. The van der Waals surface area contributed by atoms with Gasteiger partial charge in [0, 0.05) is 4.47 Å². The lowest BCUT2D eigenvalue weighted by atomic mass is 10.1. The number of hydrogen-bond acceptors (Lipinski definition) is 2.